The number of rotatable bonds is 20. The lowest BCUT2D eigenvalue weighted by Crippen LogP contribution is -2.38. The zero-order chi connectivity index (χ0) is 50.8. The number of aliphatic carboxylic acids is 2. The number of methoxy groups -OCH3 is 4. The van der Waals surface area contributed by atoms with Gasteiger partial charge in [0.05, 0.1) is 50.9 Å². The van der Waals surface area contributed by atoms with Crippen molar-refractivity contribution in [3.8, 4) is 45.3 Å². The number of nitrogens with one attached hydrogen (secondary N) is 4. The maximum Gasteiger partial charge on any atom is 0.322 e. The third-order valence-electron chi connectivity index (χ3n) is 10.2. The fourth-order valence-corrected chi connectivity index (χ4v) is 6.80. The number of carbonyl (C=O) groups is 10. The molecule has 0 saturated heterocycles. The van der Waals surface area contributed by atoms with Crippen molar-refractivity contribution < 1.29 is 77.1 Å². The van der Waals surface area contributed by atoms with Crippen LogP contribution < -0.4 is 40.2 Å². The molecule has 6 rings (SSSR count). The quantitative estimate of drug-likeness (QED) is 0.0548. The first-order valence-electron chi connectivity index (χ1n) is 20.3. The average molecular weight is 961 g/mol. The van der Waals surface area contributed by atoms with Crippen molar-refractivity contribution in [2.45, 2.75) is 0 Å². The number of ether oxygens (including phenoxy) is 4. The molecule has 2 heterocycles. The highest BCUT2D eigenvalue weighted by molar-refractivity contribution is 6.16. The number of benzene rings is 4. The third-order valence-corrected chi connectivity index (χ3v) is 10.2. The highest BCUT2D eigenvalue weighted by Crippen LogP contribution is 2.46. The molecule has 0 saturated carbocycles. The Balaban J connectivity index is 1.32. The molecule has 24 nitrogen and oxygen atoms in total. The normalized spacial score (nSPS) is 12.9. The van der Waals surface area contributed by atoms with E-state index in [9.17, 15) is 58.2 Å². The van der Waals surface area contributed by atoms with Gasteiger partial charge in [-0.05, 0) is 70.8 Å². The van der Waals surface area contributed by atoms with Gasteiger partial charge in [-0.15, -0.1) is 10.2 Å². The standard InChI is InChI=1S/C46H40N8O16/c1-67-31-15-25(23-5-7-29(27(13-23)45(65)47-19-41(61)62)49-35(55)21-53-37(57)9-10-38(53)58)16-32(68-2)43(31)51-52-44-33(69-3)17-26(18-34(44)70-4)24-6-8-30(28(14-24)46(66)48-20-42(63)64)50-36(56)22-54-39(59)11-12-40(54)60/h5-18H,19-22H2,1-4H3,(H,47,65)(H,48,66)(H,49,55)(H,50,56)(H,61,62)(H,63,64). The monoisotopic (exact) mass is 960 g/mol. The lowest BCUT2D eigenvalue weighted by atomic mass is 10.00. The van der Waals surface area contributed by atoms with Crippen LogP contribution in [0, 0.1) is 0 Å². The molecular formula is C46H40N8O16. The highest BCUT2D eigenvalue weighted by atomic mass is 16.5. The predicted octanol–water partition coefficient (Wildman–Crippen LogP) is 2.83. The summed E-state index contributed by atoms with van der Waals surface area (Å²) in [5, 5.41) is 36.7. The first kappa shape index (κ1) is 49.7. The summed E-state index contributed by atoms with van der Waals surface area (Å²) in [4.78, 5) is 124. The maximum atomic E-state index is 13.3. The molecule has 8 amide bonds. The molecule has 0 radical (unpaired) electrons. The smallest absolute Gasteiger partial charge is 0.322 e. The Labute approximate surface area is 395 Å². The van der Waals surface area contributed by atoms with Gasteiger partial charge in [0.2, 0.25) is 11.8 Å². The molecule has 2 aliphatic heterocycles. The van der Waals surface area contributed by atoms with Crippen LogP contribution in [0.3, 0.4) is 0 Å². The molecule has 4 aromatic carbocycles. The average Bonchev–Trinajstić information content (AvgIpc) is 3.83. The van der Waals surface area contributed by atoms with E-state index in [1.54, 1.807) is 0 Å². The number of carbonyl (C=O) groups excluding carboxylic acids is 8. The lowest BCUT2D eigenvalue weighted by molar-refractivity contribution is -0.140. The summed E-state index contributed by atoms with van der Waals surface area (Å²) in [6.07, 6.45) is 4.04. The Kier molecular flexibility index (Phi) is 15.4. The van der Waals surface area contributed by atoms with E-state index in [2.05, 4.69) is 31.5 Å². The van der Waals surface area contributed by atoms with Gasteiger partial charge in [0.25, 0.3) is 35.4 Å². The number of hydrogen-bond acceptors (Lipinski definition) is 16. The van der Waals surface area contributed by atoms with Crippen molar-refractivity contribution in [3.05, 3.63) is 96.1 Å². The van der Waals surface area contributed by atoms with E-state index in [4.69, 9.17) is 18.9 Å². The van der Waals surface area contributed by atoms with Crippen molar-refractivity contribution in [3.63, 3.8) is 0 Å². The number of nitrogens with zero attached hydrogens (tertiary/aromatic N) is 4. The molecule has 0 spiro atoms. The number of carboxylic acids is 2. The van der Waals surface area contributed by atoms with Gasteiger partial charge in [0, 0.05) is 24.3 Å². The van der Waals surface area contributed by atoms with Crippen LogP contribution in [-0.4, -0.2) is 134 Å². The summed E-state index contributed by atoms with van der Waals surface area (Å²) in [5.74, 6) is -8.37. The molecule has 2 aliphatic rings. The van der Waals surface area contributed by atoms with Crippen LogP contribution >= 0.6 is 0 Å². The van der Waals surface area contributed by atoms with E-state index in [-0.39, 0.29) is 56.9 Å². The van der Waals surface area contributed by atoms with Crippen molar-refractivity contribution in [2.75, 3.05) is 65.3 Å². The van der Waals surface area contributed by atoms with Gasteiger partial charge in [0.1, 0.15) is 26.2 Å². The summed E-state index contributed by atoms with van der Waals surface area (Å²) >= 11 is 0. The van der Waals surface area contributed by atoms with E-state index in [0.29, 0.717) is 32.1 Å². The number of carboxylic acid groups (broad SMARTS) is 2. The first-order valence-corrected chi connectivity index (χ1v) is 20.3. The fourth-order valence-electron chi connectivity index (χ4n) is 6.80. The molecule has 4 aromatic rings. The Morgan fingerprint density at radius 2 is 0.800 bits per heavy atom. The van der Waals surface area contributed by atoms with Crippen molar-refractivity contribution in [2.24, 2.45) is 10.2 Å². The minimum absolute atomic E-state index is 0.0603. The Morgan fingerprint density at radius 3 is 1.09 bits per heavy atom. The van der Waals surface area contributed by atoms with E-state index >= 15 is 0 Å². The van der Waals surface area contributed by atoms with Gasteiger partial charge in [-0.3, -0.25) is 57.7 Å². The molecule has 0 aromatic heterocycles. The van der Waals surface area contributed by atoms with Crippen molar-refractivity contribution in [1.29, 1.82) is 0 Å². The van der Waals surface area contributed by atoms with Gasteiger partial charge in [-0.2, -0.15) is 0 Å². The van der Waals surface area contributed by atoms with Crippen molar-refractivity contribution in [1.82, 2.24) is 20.4 Å². The second-order valence-electron chi connectivity index (χ2n) is 14.6. The topological polar surface area (TPSA) is 327 Å². The lowest BCUT2D eigenvalue weighted by Gasteiger charge is -2.17. The summed E-state index contributed by atoms with van der Waals surface area (Å²) in [7, 11) is 5.40. The Hall–Kier alpha value is -9.74. The third kappa shape index (κ3) is 11.4. The van der Waals surface area contributed by atoms with Crippen LogP contribution in [0.2, 0.25) is 0 Å². The van der Waals surface area contributed by atoms with Crippen LogP contribution in [0.1, 0.15) is 20.7 Å². The fraction of sp³-hybridized carbons (Fsp3) is 0.174. The van der Waals surface area contributed by atoms with Gasteiger partial charge in [-0.1, -0.05) is 12.1 Å². The molecule has 0 bridgehead atoms. The van der Waals surface area contributed by atoms with Crippen molar-refractivity contribution >= 4 is 81.9 Å². The van der Waals surface area contributed by atoms with E-state index in [1.807, 2.05) is 0 Å². The number of amides is 8. The molecule has 360 valence electrons. The number of imide groups is 2. The molecule has 0 atom stereocenters. The van der Waals surface area contributed by atoms with E-state index in [1.165, 1.54) is 89.1 Å². The zero-order valence-corrected chi connectivity index (χ0v) is 37.3. The summed E-state index contributed by atoms with van der Waals surface area (Å²) in [6, 6.07) is 14.7. The number of anilines is 2. The first-order chi connectivity index (χ1) is 33.4. The second-order valence-corrected chi connectivity index (χ2v) is 14.6. The molecular weight excluding hydrogens is 921 g/mol. The second kappa shape index (κ2) is 21.7. The summed E-state index contributed by atoms with van der Waals surface area (Å²) in [6.45, 7) is -2.81. The van der Waals surface area contributed by atoms with E-state index in [0.717, 1.165) is 24.3 Å². The predicted molar refractivity (Wildman–Crippen MR) is 243 cm³/mol. The van der Waals surface area contributed by atoms with Crippen LogP contribution in [-0.2, 0) is 38.4 Å². The zero-order valence-electron chi connectivity index (χ0n) is 37.3. The van der Waals surface area contributed by atoms with Crippen LogP contribution in [0.4, 0.5) is 22.7 Å². The van der Waals surface area contributed by atoms with Gasteiger partial charge in [-0.25, -0.2) is 0 Å². The minimum atomic E-state index is -1.34. The van der Waals surface area contributed by atoms with Gasteiger partial charge in [0.15, 0.2) is 34.4 Å². The van der Waals surface area contributed by atoms with E-state index < -0.39 is 85.4 Å². The largest absolute Gasteiger partial charge is 0.494 e. The van der Waals surface area contributed by atoms with Crippen LogP contribution in [0.25, 0.3) is 22.3 Å². The highest BCUT2D eigenvalue weighted by Gasteiger charge is 2.28. The Morgan fingerprint density at radius 1 is 0.486 bits per heavy atom. The minimum Gasteiger partial charge on any atom is -0.494 e. The molecule has 24 heteroatoms. The number of azo groups is 1. The van der Waals surface area contributed by atoms with Crippen LogP contribution in [0.5, 0.6) is 23.0 Å². The maximum absolute atomic E-state index is 13.3. The summed E-state index contributed by atoms with van der Waals surface area (Å²) < 4.78 is 22.7. The SMILES string of the molecule is COc1cc(-c2ccc(NC(=O)CN3C(=O)C=CC3=O)c(C(=O)NCC(=O)O)c2)cc(OC)c1N=Nc1c(OC)cc(-c2ccc(NC(=O)CN3C(=O)C=CC3=O)c(C(=O)NCC(=O)O)c2)cc1OC. The molecule has 0 unspecified atom stereocenters. The molecule has 0 aliphatic carbocycles. The summed E-state index contributed by atoms with van der Waals surface area (Å²) in [5.41, 5.74) is 1.21. The van der Waals surface area contributed by atoms with Gasteiger partial charge >= 0.3 is 11.9 Å². The van der Waals surface area contributed by atoms with Gasteiger partial charge < -0.3 is 50.4 Å². The molecule has 6 N–H and O–H groups in total. The molecule has 70 heavy (non-hydrogen) atoms. The number of hydrogen-bond donors (Lipinski definition) is 6. The molecule has 0 fully saturated rings. The Bertz CT molecular complexity index is 2700. The van der Waals surface area contributed by atoms with Crippen LogP contribution in [0.15, 0.2) is 95.2 Å².